The van der Waals surface area contributed by atoms with Gasteiger partial charge in [0.25, 0.3) is 0 Å². The van der Waals surface area contributed by atoms with E-state index in [1.165, 1.54) is 36.1 Å². The highest BCUT2D eigenvalue weighted by Crippen LogP contribution is 2.38. The minimum Gasteiger partial charge on any atom is -0.391 e. The summed E-state index contributed by atoms with van der Waals surface area (Å²) in [6.45, 7) is 2.96. The van der Waals surface area contributed by atoms with Gasteiger partial charge in [0, 0.05) is 12.7 Å². The van der Waals surface area contributed by atoms with Crippen molar-refractivity contribution in [1.82, 2.24) is 5.32 Å². The fourth-order valence-corrected chi connectivity index (χ4v) is 1.43. The van der Waals surface area contributed by atoms with Gasteiger partial charge in [0.2, 0.25) is 0 Å². The monoisotopic (exact) mass is 180 g/mol. The highest BCUT2D eigenvalue weighted by molar-refractivity contribution is 5.52. The van der Waals surface area contributed by atoms with Crippen molar-refractivity contribution in [2.75, 3.05) is 13.6 Å². The van der Waals surface area contributed by atoms with Gasteiger partial charge in [0.05, 0.1) is 0 Å². The molecule has 0 aromatic rings. The molecule has 2 nitrogen and oxygen atoms in total. The molecule has 0 radical (unpaired) electrons. The van der Waals surface area contributed by atoms with E-state index < -0.39 is 0 Å². The standard InChI is InChI=1S/C11H20N2/c1-9(13-2)11-8-10(11)6-4-3-5-7-12/h6,13H,3-5,7-8,12H2,1-2H3/b10-6-,11-9-. The first-order valence-corrected chi connectivity index (χ1v) is 5.06. The molecule has 0 aromatic heterocycles. The average molecular weight is 180 g/mol. The van der Waals surface area contributed by atoms with Crippen LogP contribution in [0.25, 0.3) is 0 Å². The second-order valence-corrected chi connectivity index (χ2v) is 3.54. The minimum absolute atomic E-state index is 0.821. The van der Waals surface area contributed by atoms with Crippen LogP contribution >= 0.6 is 0 Å². The number of rotatable bonds is 5. The highest BCUT2D eigenvalue weighted by Gasteiger charge is 2.22. The Morgan fingerprint density at radius 3 is 2.92 bits per heavy atom. The van der Waals surface area contributed by atoms with Gasteiger partial charge in [-0.3, -0.25) is 0 Å². The molecule has 0 heterocycles. The molecule has 0 amide bonds. The van der Waals surface area contributed by atoms with Gasteiger partial charge in [-0.25, -0.2) is 0 Å². The maximum atomic E-state index is 5.42. The number of allylic oxidation sites excluding steroid dienone is 4. The molecule has 74 valence electrons. The van der Waals surface area contributed by atoms with Crippen molar-refractivity contribution in [3.63, 3.8) is 0 Å². The van der Waals surface area contributed by atoms with E-state index in [0.717, 1.165) is 13.0 Å². The first kappa shape index (κ1) is 10.3. The van der Waals surface area contributed by atoms with Gasteiger partial charge >= 0.3 is 0 Å². The Morgan fingerprint density at radius 1 is 1.54 bits per heavy atom. The molecular formula is C11H20N2. The van der Waals surface area contributed by atoms with Crippen molar-refractivity contribution < 1.29 is 0 Å². The zero-order chi connectivity index (χ0) is 9.68. The Bertz CT molecular complexity index is 226. The number of nitrogens with two attached hydrogens (primary N) is 1. The predicted molar refractivity (Wildman–Crippen MR) is 57.4 cm³/mol. The average Bonchev–Trinajstić information content (AvgIpc) is 2.91. The normalized spacial score (nSPS) is 21.9. The summed E-state index contributed by atoms with van der Waals surface area (Å²) in [6.07, 6.45) is 7.11. The highest BCUT2D eigenvalue weighted by atomic mass is 14.8. The van der Waals surface area contributed by atoms with E-state index in [9.17, 15) is 0 Å². The van der Waals surface area contributed by atoms with Crippen molar-refractivity contribution >= 4 is 0 Å². The van der Waals surface area contributed by atoms with Crippen LogP contribution in [-0.4, -0.2) is 13.6 Å². The molecule has 0 aromatic carbocycles. The summed E-state index contributed by atoms with van der Waals surface area (Å²) in [5, 5.41) is 3.18. The van der Waals surface area contributed by atoms with Crippen LogP contribution in [0, 0.1) is 0 Å². The lowest BCUT2D eigenvalue weighted by molar-refractivity contribution is 0.758. The molecule has 0 unspecified atom stereocenters. The van der Waals surface area contributed by atoms with Crippen molar-refractivity contribution in [2.45, 2.75) is 32.6 Å². The Balaban J connectivity index is 2.25. The topological polar surface area (TPSA) is 38.0 Å². The van der Waals surface area contributed by atoms with E-state index in [-0.39, 0.29) is 0 Å². The van der Waals surface area contributed by atoms with Gasteiger partial charge in [-0.15, -0.1) is 0 Å². The summed E-state index contributed by atoms with van der Waals surface area (Å²) in [4.78, 5) is 0. The summed E-state index contributed by atoms with van der Waals surface area (Å²) in [5.74, 6) is 0. The van der Waals surface area contributed by atoms with Crippen LogP contribution in [0.5, 0.6) is 0 Å². The van der Waals surface area contributed by atoms with Crippen LogP contribution in [0.15, 0.2) is 22.9 Å². The van der Waals surface area contributed by atoms with Gasteiger partial charge in [-0.2, -0.15) is 0 Å². The quantitative estimate of drug-likeness (QED) is 0.634. The van der Waals surface area contributed by atoms with Crippen molar-refractivity contribution in [3.8, 4) is 0 Å². The first-order chi connectivity index (χ1) is 6.29. The van der Waals surface area contributed by atoms with E-state index in [1.807, 2.05) is 7.05 Å². The summed E-state index contributed by atoms with van der Waals surface area (Å²) in [6, 6.07) is 0. The van der Waals surface area contributed by atoms with Crippen molar-refractivity contribution in [2.24, 2.45) is 5.73 Å². The van der Waals surface area contributed by atoms with Crippen LogP contribution in [-0.2, 0) is 0 Å². The number of hydrogen-bond acceptors (Lipinski definition) is 2. The zero-order valence-electron chi connectivity index (χ0n) is 8.69. The van der Waals surface area contributed by atoms with Crippen LogP contribution in [0.3, 0.4) is 0 Å². The zero-order valence-corrected chi connectivity index (χ0v) is 8.69. The Labute approximate surface area is 80.9 Å². The molecule has 0 saturated heterocycles. The molecule has 13 heavy (non-hydrogen) atoms. The molecule has 1 aliphatic rings. The molecule has 0 bridgehead atoms. The molecule has 1 rings (SSSR count). The molecule has 3 N–H and O–H groups in total. The largest absolute Gasteiger partial charge is 0.391 e. The second-order valence-electron chi connectivity index (χ2n) is 3.54. The van der Waals surface area contributed by atoms with E-state index in [4.69, 9.17) is 5.73 Å². The Kier molecular flexibility index (Phi) is 4.03. The molecular weight excluding hydrogens is 160 g/mol. The van der Waals surface area contributed by atoms with Gasteiger partial charge in [-0.05, 0) is 50.3 Å². The van der Waals surface area contributed by atoms with Crippen molar-refractivity contribution in [3.05, 3.63) is 22.9 Å². The third-order valence-electron chi connectivity index (χ3n) is 2.51. The van der Waals surface area contributed by atoms with E-state index in [1.54, 1.807) is 0 Å². The number of nitrogens with one attached hydrogen (secondary N) is 1. The summed E-state index contributed by atoms with van der Waals surface area (Å²) >= 11 is 0. The van der Waals surface area contributed by atoms with Crippen LogP contribution in [0.2, 0.25) is 0 Å². The van der Waals surface area contributed by atoms with E-state index in [2.05, 4.69) is 18.3 Å². The molecule has 0 aliphatic heterocycles. The molecule has 1 fully saturated rings. The van der Waals surface area contributed by atoms with Crippen LogP contribution in [0.1, 0.15) is 32.6 Å². The maximum absolute atomic E-state index is 5.42. The van der Waals surface area contributed by atoms with Crippen LogP contribution < -0.4 is 11.1 Å². The van der Waals surface area contributed by atoms with Crippen molar-refractivity contribution in [1.29, 1.82) is 0 Å². The maximum Gasteiger partial charge on any atom is 0.0111 e. The molecule has 1 saturated carbocycles. The summed E-state index contributed by atoms with van der Waals surface area (Å²) in [5.41, 5.74) is 9.78. The van der Waals surface area contributed by atoms with Gasteiger partial charge in [0.15, 0.2) is 0 Å². The number of unbranched alkanes of at least 4 members (excludes halogenated alkanes) is 2. The predicted octanol–water partition coefficient (Wildman–Crippen LogP) is 1.94. The molecule has 0 spiro atoms. The molecule has 2 heteroatoms. The first-order valence-electron chi connectivity index (χ1n) is 5.06. The Morgan fingerprint density at radius 2 is 2.31 bits per heavy atom. The fourth-order valence-electron chi connectivity index (χ4n) is 1.43. The van der Waals surface area contributed by atoms with Gasteiger partial charge in [-0.1, -0.05) is 6.08 Å². The minimum atomic E-state index is 0.821. The smallest absolute Gasteiger partial charge is 0.0111 e. The third kappa shape index (κ3) is 3.23. The lowest BCUT2D eigenvalue weighted by Gasteiger charge is -1.94. The second kappa shape index (κ2) is 5.07. The lowest BCUT2D eigenvalue weighted by atomic mass is 10.2. The summed E-state index contributed by atoms with van der Waals surface area (Å²) in [7, 11) is 1.98. The summed E-state index contributed by atoms with van der Waals surface area (Å²) < 4.78 is 0. The number of hydrogen-bond donors (Lipinski definition) is 2. The van der Waals surface area contributed by atoms with Gasteiger partial charge in [0.1, 0.15) is 0 Å². The van der Waals surface area contributed by atoms with Gasteiger partial charge < -0.3 is 11.1 Å². The van der Waals surface area contributed by atoms with E-state index >= 15 is 0 Å². The fraction of sp³-hybridized carbons (Fsp3) is 0.636. The molecule has 1 aliphatic carbocycles. The Hall–Kier alpha value is -0.760. The van der Waals surface area contributed by atoms with E-state index in [0.29, 0.717) is 0 Å². The van der Waals surface area contributed by atoms with Crippen LogP contribution in [0.4, 0.5) is 0 Å². The SMILES string of the molecule is CN/C(C)=C1/C/C1=C/CCCCN. The molecule has 0 atom stereocenters. The lowest BCUT2D eigenvalue weighted by Crippen LogP contribution is -2.00. The third-order valence-corrected chi connectivity index (χ3v) is 2.51.